The molecule has 6 heteroatoms. The molecule has 0 fully saturated rings. The molecule has 0 aliphatic carbocycles. The highest BCUT2D eigenvalue weighted by Gasteiger charge is 2.17. The van der Waals surface area contributed by atoms with Crippen molar-refractivity contribution in [3.63, 3.8) is 0 Å². The van der Waals surface area contributed by atoms with Crippen LogP contribution in [0.3, 0.4) is 0 Å². The Bertz CT molecular complexity index is 620. The molecule has 1 heterocycles. The Morgan fingerprint density at radius 3 is 2.80 bits per heavy atom. The molecule has 1 atom stereocenters. The van der Waals surface area contributed by atoms with Crippen molar-refractivity contribution >= 4 is 5.91 Å². The first-order valence-electron chi connectivity index (χ1n) is 6.21. The monoisotopic (exact) mass is 275 g/mol. The summed E-state index contributed by atoms with van der Waals surface area (Å²) < 4.78 is 6.81. The Morgan fingerprint density at radius 1 is 1.45 bits per heavy atom. The summed E-state index contributed by atoms with van der Waals surface area (Å²) >= 11 is 0. The van der Waals surface area contributed by atoms with Gasteiger partial charge in [-0.25, -0.2) is 4.68 Å². The third-order valence-electron chi connectivity index (χ3n) is 2.98. The molecule has 2 aromatic rings. The number of hydrogen-bond donors (Lipinski definition) is 2. The largest absolute Gasteiger partial charge is 0.496 e. The summed E-state index contributed by atoms with van der Waals surface area (Å²) in [5.41, 5.74) is 1.61. The average molecular weight is 275 g/mol. The van der Waals surface area contributed by atoms with Crippen LogP contribution in [0.4, 0.5) is 0 Å². The van der Waals surface area contributed by atoms with Crippen LogP contribution < -0.4 is 10.1 Å². The third-order valence-corrected chi connectivity index (χ3v) is 2.98. The molecule has 1 amide bonds. The van der Waals surface area contributed by atoms with Crippen LogP contribution in [0.2, 0.25) is 0 Å². The first-order chi connectivity index (χ1) is 9.58. The zero-order chi connectivity index (χ0) is 14.7. The van der Waals surface area contributed by atoms with E-state index in [1.807, 2.05) is 6.07 Å². The van der Waals surface area contributed by atoms with E-state index in [1.165, 1.54) is 0 Å². The quantitative estimate of drug-likeness (QED) is 0.881. The second kappa shape index (κ2) is 5.75. The van der Waals surface area contributed by atoms with Gasteiger partial charge in [0.05, 0.1) is 18.9 Å². The van der Waals surface area contributed by atoms with Gasteiger partial charge in [0.25, 0.3) is 5.91 Å². The molecule has 0 aliphatic rings. The number of hydrogen-bond acceptors (Lipinski definition) is 4. The summed E-state index contributed by atoms with van der Waals surface area (Å²) in [6.45, 7) is 1.66. The number of aliphatic hydroxyl groups excluding tert-OH is 1. The number of nitrogens with zero attached hydrogens (tertiary/aromatic N) is 2. The van der Waals surface area contributed by atoms with Gasteiger partial charge >= 0.3 is 0 Å². The Kier molecular flexibility index (Phi) is 4.05. The van der Waals surface area contributed by atoms with Gasteiger partial charge in [-0.2, -0.15) is 5.10 Å². The first kappa shape index (κ1) is 14.1. The fourth-order valence-electron chi connectivity index (χ4n) is 2.04. The number of aromatic nitrogens is 2. The van der Waals surface area contributed by atoms with Gasteiger partial charge in [-0.1, -0.05) is 6.07 Å². The number of rotatable bonds is 4. The van der Waals surface area contributed by atoms with Gasteiger partial charge in [-0.05, 0) is 25.1 Å². The molecule has 1 aromatic carbocycles. The molecule has 0 spiro atoms. The number of amides is 1. The standard InChI is InChI=1S/C14H17N3O3/c1-9(18)13-11(5-4-6-12(13)20-3)17-8-7-10(16-17)14(19)15-2/h4-9,18H,1-3H3,(H,15,19)/t9-/m0/s1. The van der Waals surface area contributed by atoms with E-state index in [2.05, 4.69) is 10.4 Å². The maximum atomic E-state index is 11.5. The zero-order valence-electron chi connectivity index (χ0n) is 11.6. The third kappa shape index (κ3) is 2.50. The van der Waals surface area contributed by atoms with Crippen LogP contribution in [-0.2, 0) is 0 Å². The lowest BCUT2D eigenvalue weighted by Crippen LogP contribution is -2.18. The summed E-state index contributed by atoms with van der Waals surface area (Å²) in [5, 5.41) is 16.7. The minimum absolute atomic E-state index is 0.259. The Morgan fingerprint density at radius 2 is 2.20 bits per heavy atom. The maximum Gasteiger partial charge on any atom is 0.271 e. The molecular formula is C14H17N3O3. The maximum absolute atomic E-state index is 11.5. The fourth-order valence-corrected chi connectivity index (χ4v) is 2.04. The predicted molar refractivity (Wildman–Crippen MR) is 74.1 cm³/mol. The molecule has 0 bridgehead atoms. The summed E-state index contributed by atoms with van der Waals surface area (Å²) in [4.78, 5) is 11.5. The van der Waals surface area contributed by atoms with Gasteiger partial charge in [0, 0.05) is 18.8 Å². The molecule has 0 radical (unpaired) electrons. The topological polar surface area (TPSA) is 76.4 Å². The number of carbonyl (C=O) groups is 1. The smallest absolute Gasteiger partial charge is 0.271 e. The highest BCUT2D eigenvalue weighted by atomic mass is 16.5. The molecular weight excluding hydrogens is 258 g/mol. The van der Waals surface area contributed by atoms with Crippen LogP contribution in [0.15, 0.2) is 30.5 Å². The van der Waals surface area contributed by atoms with Crippen molar-refractivity contribution in [1.82, 2.24) is 15.1 Å². The molecule has 2 rings (SSSR count). The van der Waals surface area contributed by atoms with Crippen LogP contribution >= 0.6 is 0 Å². The minimum atomic E-state index is -0.714. The number of benzene rings is 1. The first-order valence-corrected chi connectivity index (χ1v) is 6.21. The van der Waals surface area contributed by atoms with Crippen molar-refractivity contribution in [2.45, 2.75) is 13.0 Å². The Labute approximate surface area is 117 Å². The summed E-state index contributed by atoms with van der Waals surface area (Å²) in [7, 11) is 3.10. The van der Waals surface area contributed by atoms with Crippen LogP contribution in [0, 0.1) is 0 Å². The van der Waals surface area contributed by atoms with Crippen molar-refractivity contribution in [2.24, 2.45) is 0 Å². The SMILES string of the molecule is CNC(=O)c1ccn(-c2cccc(OC)c2[C@H](C)O)n1. The van der Waals surface area contributed by atoms with E-state index >= 15 is 0 Å². The predicted octanol–water partition coefficient (Wildman–Crippen LogP) is 1.29. The van der Waals surface area contributed by atoms with Crippen molar-refractivity contribution in [2.75, 3.05) is 14.2 Å². The van der Waals surface area contributed by atoms with Crippen molar-refractivity contribution in [3.8, 4) is 11.4 Å². The van der Waals surface area contributed by atoms with Gasteiger partial charge in [0.1, 0.15) is 5.75 Å². The van der Waals surface area contributed by atoms with Gasteiger partial charge < -0.3 is 15.2 Å². The lowest BCUT2D eigenvalue weighted by molar-refractivity contribution is 0.0957. The second-order valence-corrected chi connectivity index (χ2v) is 4.29. The fraction of sp³-hybridized carbons (Fsp3) is 0.286. The molecule has 106 valence electrons. The zero-order valence-corrected chi connectivity index (χ0v) is 11.6. The molecule has 0 saturated carbocycles. The van der Waals surface area contributed by atoms with Crippen LogP contribution in [0.5, 0.6) is 5.75 Å². The van der Waals surface area contributed by atoms with Gasteiger partial charge in [0.15, 0.2) is 5.69 Å². The van der Waals surface area contributed by atoms with Crippen LogP contribution in [-0.4, -0.2) is 35.0 Å². The lowest BCUT2D eigenvalue weighted by atomic mass is 10.1. The van der Waals surface area contributed by atoms with Gasteiger partial charge in [-0.15, -0.1) is 0 Å². The summed E-state index contributed by atoms with van der Waals surface area (Å²) in [5.74, 6) is 0.319. The van der Waals surface area contributed by atoms with Crippen molar-refractivity contribution in [3.05, 3.63) is 41.7 Å². The van der Waals surface area contributed by atoms with E-state index in [0.29, 0.717) is 22.7 Å². The van der Waals surface area contributed by atoms with E-state index < -0.39 is 6.10 Å². The molecule has 20 heavy (non-hydrogen) atoms. The summed E-state index contributed by atoms with van der Waals surface area (Å²) in [6.07, 6.45) is 0.958. The number of methoxy groups -OCH3 is 1. The average Bonchev–Trinajstić information content (AvgIpc) is 2.95. The van der Waals surface area contributed by atoms with E-state index in [1.54, 1.807) is 50.2 Å². The van der Waals surface area contributed by atoms with E-state index in [9.17, 15) is 9.90 Å². The molecule has 0 aliphatic heterocycles. The van der Waals surface area contributed by atoms with Gasteiger partial charge in [0.2, 0.25) is 0 Å². The number of nitrogens with one attached hydrogen (secondary N) is 1. The highest BCUT2D eigenvalue weighted by Crippen LogP contribution is 2.30. The molecule has 2 N–H and O–H groups in total. The van der Waals surface area contributed by atoms with E-state index in [0.717, 1.165) is 0 Å². The highest BCUT2D eigenvalue weighted by molar-refractivity contribution is 5.91. The Balaban J connectivity index is 2.52. The van der Waals surface area contributed by atoms with Crippen molar-refractivity contribution in [1.29, 1.82) is 0 Å². The molecule has 1 aromatic heterocycles. The van der Waals surface area contributed by atoms with Crippen LogP contribution in [0.1, 0.15) is 29.1 Å². The molecule has 0 saturated heterocycles. The van der Waals surface area contributed by atoms with Crippen molar-refractivity contribution < 1.29 is 14.6 Å². The van der Waals surface area contributed by atoms with Gasteiger partial charge in [-0.3, -0.25) is 4.79 Å². The molecule has 6 nitrogen and oxygen atoms in total. The van der Waals surface area contributed by atoms with E-state index in [4.69, 9.17) is 4.74 Å². The number of aliphatic hydroxyl groups is 1. The van der Waals surface area contributed by atoms with Crippen LogP contribution in [0.25, 0.3) is 5.69 Å². The summed E-state index contributed by atoms with van der Waals surface area (Å²) in [6, 6.07) is 7.01. The number of carbonyl (C=O) groups excluding carboxylic acids is 1. The minimum Gasteiger partial charge on any atom is -0.496 e. The Hall–Kier alpha value is -2.34. The number of ether oxygens (including phenoxy) is 1. The van der Waals surface area contributed by atoms with E-state index in [-0.39, 0.29) is 5.91 Å². The second-order valence-electron chi connectivity index (χ2n) is 4.29. The molecule has 0 unspecified atom stereocenters. The lowest BCUT2D eigenvalue weighted by Gasteiger charge is -2.15. The normalized spacial score (nSPS) is 12.0.